The second kappa shape index (κ2) is 31.7. The zero-order valence-electron chi connectivity index (χ0n) is 31.1. The Morgan fingerprint density at radius 2 is 1.24 bits per heavy atom. The number of rotatable bonds is 31. The van der Waals surface area contributed by atoms with E-state index in [4.69, 9.17) is 38.6 Å². The van der Waals surface area contributed by atoms with Crippen molar-refractivity contribution in [2.45, 2.75) is 97.8 Å². The molecule has 1 unspecified atom stereocenters. The van der Waals surface area contributed by atoms with Gasteiger partial charge in [-0.2, -0.15) is 0 Å². The van der Waals surface area contributed by atoms with Gasteiger partial charge in [-0.15, -0.1) is 0 Å². The van der Waals surface area contributed by atoms with E-state index in [1.54, 1.807) is 18.2 Å². The van der Waals surface area contributed by atoms with E-state index in [1.807, 2.05) is 13.8 Å². The van der Waals surface area contributed by atoms with Crippen molar-refractivity contribution in [3.05, 3.63) is 23.8 Å². The topological polar surface area (TPSA) is 171 Å². The van der Waals surface area contributed by atoms with Gasteiger partial charge in [-0.3, -0.25) is 15.4 Å². The summed E-state index contributed by atoms with van der Waals surface area (Å²) in [6.07, 6.45) is 11.4. The number of aryl methyl sites for hydroxylation is 1. The number of aliphatic carboxylic acids is 1. The number of nitrogens with one attached hydrogen (secondary N) is 2. The van der Waals surface area contributed by atoms with E-state index in [-0.39, 0.29) is 88.8 Å². The Bertz CT molecular complexity index is 1030. The SMILES string of the molecule is CCCCCCCCCCCCOC(=O)Nc1ccc(NC(=O)OCC(CC)(COCCOCCO)COCCOCCC(=O)O)cc1C.[Na+]. The van der Waals surface area contributed by atoms with Crippen LogP contribution in [0, 0.1) is 12.3 Å². The van der Waals surface area contributed by atoms with Gasteiger partial charge in [0.1, 0.15) is 6.61 Å². The Kier molecular flexibility index (Phi) is 30.5. The number of carboxylic acids is 1. The Morgan fingerprint density at radius 1 is 0.680 bits per heavy atom. The second-order valence-electron chi connectivity index (χ2n) is 12.2. The molecular weight excluding hydrogens is 659 g/mol. The van der Waals surface area contributed by atoms with E-state index < -0.39 is 23.6 Å². The molecule has 0 aliphatic heterocycles. The van der Waals surface area contributed by atoms with Crippen molar-refractivity contribution in [1.29, 1.82) is 0 Å². The Balaban J connectivity index is 0.0000240. The average Bonchev–Trinajstić information content (AvgIpc) is 3.08. The van der Waals surface area contributed by atoms with Gasteiger partial charge in [0.25, 0.3) is 0 Å². The van der Waals surface area contributed by atoms with E-state index in [2.05, 4.69) is 17.6 Å². The Labute approximate surface area is 321 Å². The van der Waals surface area contributed by atoms with Gasteiger partial charge < -0.3 is 38.6 Å². The van der Waals surface area contributed by atoms with Crippen molar-refractivity contribution in [3.63, 3.8) is 0 Å². The van der Waals surface area contributed by atoms with Crippen LogP contribution < -0.4 is 40.2 Å². The van der Waals surface area contributed by atoms with Crippen LogP contribution in [0.1, 0.15) is 96.5 Å². The number of aliphatic hydroxyl groups is 1. The van der Waals surface area contributed by atoms with Crippen molar-refractivity contribution in [3.8, 4) is 0 Å². The van der Waals surface area contributed by atoms with Crippen LogP contribution in [-0.2, 0) is 33.2 Å². The van der Waals surface area contributed by atoms with Crippen molar-refractivity contribution in [2.24, 2.45) is 5.41 Å². The van der Waals surface area contributed by atoms with E-state index >= 15 is 0 Å². The number of hydrogen-bond donors (Lipinski definition) is 4. The van der Waals surface area contributed by atoms with Crippen molar-refractivity contribution in [2.75, 3.05) is 83.3 Å². The number of amides is 2. The fourth-order valence-corrected chi connectivity index (χ4v) is 4.83. The maximum Gasteiger partial charge on any atom is 1.00 e. The summed E-state index contributed by atoms with van der Waals surface area (Å²) in [5, 5.41) is 23.1. The molecule has 0 heterocycles. The van der Waals surface area contributed by atoms with E-state index in [0.717, 1.165) is 24.8 Å². The van der Waals surface area contributed by atoms with Crippen LogP contribution in [-0.4, -0.2) is 101 Å². The summed E-state index contributed by atoms with van der Waals surface area (Å²) in [7, 11) is 0. The Hall–Kier alpha value is -1.97. The van der Waals surface area contributed by atoms with Gasteiger partial charge in [0.2, 0.25) is 0 Å². The van der Waals surface area contributed by atoms with Crippen LogP contribution in [0.4, 0.5) is 21.0 Å². The number of hydrogen-bond acceptors (Lipinski definition) is 10. The first-order chi connectivity index (χ1) is 23.7. The zero-order valence-corrected chi connectivity index (χ0v) is 33.1. The quantitative estimate of drug-likeness (QED) is 0.0647. The molecule has 0 saturated carbocycles. The van der Waals surface area contributed by atoms with Crippen molar-refractivity contribution < 1.29 is 82.6 Å². The first-order valence-corrected chi connectivity index (χ1v) is 17.9. The summed E-state index contributed by atoms with van der Waals surface area (Å²) in [5.41, 5.74) is 1.17. The van der Waals surface area contributed by atoms with Gasteiger partial charge in [-0.1, -0.05) is 71.6 Å². The molecule has 1 aromatic rings. The fraction of sp³-hybridized carbons (Fsp3) is 0.750. The van der Waals surface area contributed by atoms with Gasteiger partial charge in [-0.05, 0) is 43.5 Å². The molecule has 1 atom stereocenters. The van der Waals surface area contributed by atoms with Crippen LogP contribution in [0.25, 0.3) is 0 Å². The molecule has 0 aliphatic rings. The van der Waals surface area contributed by atoms with Gasteiger partial charge in [0.05, 0.1) is 77.9 Å². The average molecular weight is 722 g/mol. The third-order valence-corrected chi connectivity index (χ3v) is 7.96. The second-order valence-corrected chi connectivity index (χ2v) is 12.2. The van der Waals surface area contributed by atoms with Crippen LogP contribution >= 0.6 is 0 Å². The van der Waals surface area contributed by atoms with Crippen LogP contribution in [0.15, 0.2) is 18.2 Å². The van der Waals surface area contributed by atoms with Gasteiger partial charge >= 0.3 is 47.7 Å². The molecule has 4 N–H and O–H groups in total. The fourth-order valence-electron chi connectivity index (χ4n) is 4.83. The van der Waals surface area contributed by atoms with Gasteiger partial charge in [0, 0.05) is 11.4 Å². The number of benzene rings is 1. The molecule has 0 radical (unpaired) electrons. The number of carbonyl (C=O) groups excluding carboxylic acids is 2. The van der Waals surface area contributed by atoms with Crippen LogP contribution in [0.3, 0.4) is 0 Å². The minimum absolute atomic E-state index is 0. The van der Waals surface area contributed by atoms with Crippen LogP contribution in [0.5, 0.6) is 0 Å². The molecule has 14 heteroatoms. The number of anilines is 2. The number of carboxylic acid groups (broad SMARTS) is 1. The normalized spacial score (nSPS) is 12.1. The van der Waals surface area contributed by atoms with E-state index in [0.29, 0.717) is 37.6 Å². The molecule has 0 aliphatic carbocycles. The molecule has 0 saturated heterocycles. The molecule has 0 spiro atoms. The summed E-state index contributed by atoms with van der Waals surface area (Å²) in [6, 6.07) is 5.10. The monoisotopic (exact) mass is 721 g/mol. The summed E-state index contributed by atoms with van der Waals surface area (Å²) < 4.78 is 33.1. The molecule has 0 bridgehead atoms. The third kappa shape index (κ3) is 25.1. The summed E-state index contributed by atoms with van der Waals surface area (Å²) >= 11 is 0. The standard InChI is InChI=1S/C36H62N2O11.Na/c1-4-6-7-8-9-10-11-12-13-14-19-48-35(43)38-32-16-15-31(26-30(32)3)37-34(42)49-29-36(5-2,28-47-25-23-45-21-18-39)27-46-24-22-44-20-17-33(40)41;/h15-16,26,39H,4-14,17-25,27-29H2,1-3H3,(H,37,42)(H,38,43)(H,40,41);/q;+1. The third-order valence-electron chi connectivity index (χ3n) is 7.96. The number of aliphatic hydroxyl groups excluding tert-OH is 1. The van der Waals surface area contributed by atoms with E-state index in [1.165, 1.54) is 44.9 Å². The first-order valence-electron chi connectivity index (χ1n) is 17.9. The number of carbonyl (C=O) groups is 3. The molecule has 1 aromatic carbocycles. The first kappa shape index (κ1) is 48.0. The molecule has 13 nitrogen and oxygen atoms in total. The molecular formula is C36H62N2NaO11+. The van der Waals surface area contributed by atoms with Gasteiger partial charge in [-0.25, -0.2) is 9.59 Å². The number of unbranched alkanes of at least 4 members (excludes halogenated alkanes) is 9. The summed E-state index contributed by atoms with van der Waals surface area (Å²) in [5.74, 6) is -0.932. The Morgan fingerprint density at radius 3 is 1.80 bits per heavy atom. The number of ether oxygens (including phenoxy) is 6. The molecule has 1 rings (SSSR count). The van der Waals surface area contributed by atoms with Crippen molar-refractivity contribution >= 4 is 29.5 Å². The molecule has 0 aromatic heterocycles. The van der Waals surface area contributed by atoms with Gasteiger partial charge in [0.15, 0.2) is 0 Å². The minimum atomic E-state index is -0.932. The summed E-state index contributed by atoms with van der Waals surface area (Å²) in [4.78, 5) is 35.7. The zero-order chi connectivity index (χ0) is 36.0. The van der Waals surface area contributed by atoms with Crippen LogP contribution in [0.2, 0.25) is 0 Å². The summed E-state index contributed by atoms with van der Waals surface area (Å²) in [6.45, 7) is 8.12. The maximum absolute atomic E-state index is 12.8. The van der Waals surface area contributed by atoms with E-state index in [9.17, 15) is 14.4 Å². The maximum atomic E-state index is 12.8. The molecule has 50 heavy (non-hydrogen) atoms. The smallest absolute Gasteiger partial charge is 0.481 e. The largest absolute Gasteiger partial charge is 1.00 e. The molecule has 0 fully saturated rings. The predicted molar refractivity (Wildman–Crippen MR) is 188 cm³/mol. The predicted octanol–water partition coefficient (Wildman–Crippen LogP) is 3.95. The van der Waals surface area contributed by atoms with Crippen molar-refractivity contribution in [1.82, 2.24) is 0 Å². The minimum Gasteiger partial charge on any atom is -0.481 e. The molecule has 2 amide bonds. The molecule has 282 valence electrons.